The van der Waals surface area contributed by atoms with E-state index in [1.807, 2.05) is 0 Å². The highest BCUT2D eigenvalue weighted by Crippen LogP contribution is 2.18. The Bertz CT molecular complexity index is 184. The van der Waals surface area contributed by atoms with Crippen molar-refractivity contribution in [3.8, 4) is 0 Å². The smallest absolute Gasteiger partial charge is 0.0110 e. The molecule has 1 saturated heterocycles. The van der Waals surface area contributed by atoms with Crippen LogP contribution in [0.1, 0.15) is 53.4 Å². The lowest BCUT2D eigenvalue weighted by Crippen LogP contribution is -2.43. The summed E-state index contributed by atoms with van der Waals surface area (Å²) in [5.74, 6) is 0. The molecule has 0 bridgehead atoms. The Hall–Kier alpha value is -0.0800. The number of rotatable bonds is 5. The first-order valence-electron chi connectivity index (χ1n) is 6.97. The van der Waals surface area contributed by atoms with Gasteiger partial charge in [-0.05, 0) is 31.2 Å². The van der Waals surface area contributed by atoms with Crippen LogP contribution in [0.4, 0.5) is 0 Å². The monoisotopic (exact) mass is 226 g/mol. The van der Waals surface area contributed by atoms with E-state index in [0.717, 1.165) is 19.1 Å². The van der Waals surface area contributed by atoms with Gasteiger partial charge in [0.2, 0.25) is 0 Å². The molecule has 0 saturated carbocycles. The molecule has 1 N–H and O–H groups in total. The molecule has 2 heteroatoms. The first kappa shape index (κ1) is 14.0. The average Bonchev–Trinajstić information content (AvgIpc) is 2.23. The number of nitrogens with one attached hydrogen (secondary N) is 1. The van der Waals surface area contributed by atoms with Crippen LogP contribution in [0.15, 0.2) is 0 Å². The van der Waals surface area contributed by atoms with Crippen LogP contribution in [0, 0.1) is 5.41 Å². The maximum Gasteiger partial charge on any atom is 0.0110 e. The van der Waals surface area contributed by atoms with Gasteiger partial charge in [-0.2, -0.15) is 0 Å². The number of likely N-dealkylation sites (tertiary alicyclic amines) is 1. The molecule has 0 aromatic heterocycles. The quantitative estimate of drug-likeness (QED) is 0.725. The molecule has 0 radical (unpaired) electrons. The summed E-state index contributed by atoms with van der Waals surface area (Å²) in [6.45, 7) is 14.0. The van der Waals surface area contributed by atoms with E-state index < -0.39 is 0 Å². The molecular formula is C14H30N2. The van der Waals surface area contributed by atoms with Crippen LogP contribution in [0.25, 0.3) is 0 Å². The zero-order valence-electron chi connectivity index (χ0n) is 11.7. The minimum atomic E-state index is 0.409. The van der Waals surface area contributed by atoms with Gasteiger partial charge >= 0.3 is 0 Å². The van der Waals surface area contributed by atoms with Gasteiger partial charge in [0.15, 0.2) is 0 Å². The van der Waals surface area contributed by atoms with Gasteiger partial charge in [0.25, 0.3) is 0 Å². The standard InChI is InChI=1S/C14H30N2/c1-5-13-8-6-7-10-16(13)11-9-15-12-14(2,3)4/h13,15H,5-12H2,1-4H3. The molecule has 96 valence electrons. The van der Waals surface area contributed by atoms with Crippen molar-refractivity contribution in [3.63, 3.8) is 0 Å². The highest BCUT2D eigenvalue weighted by Gasteiger charge is 2.20. The molecule has 1 heterocycles. The van der Waals surface area contributed by atoms with E-state index in [9.17, 15) is 0 Å². The molecular weight excluding hydrogens is 196 g/mol. The normalized spacial score (nSPS) is 23.6. The van der Waals surface area contributed by atoms with Crippen LogP contribution in [-0.2, 0) is 0 Å². The zero-order chi connectivity index (χ0) is 12.0. The lowest BCUT2D eigenvalue weighted by molar-refractivity contribution is 0.144. The molecule has 0 aromatic rings. The zero-order valence-corrected chi connectivity index (χ0v) is 11.7. The Morgan fingerprint density at radius 1 is 1.25 bits per heavy atom. The molecule has 1 atom stereocenters. The van der Waals surface area contributed by atoms with Crippen LogP contribution >= 0.6 is 0 Å². The molecule has 1 aliphatic rings. The third-order valence-electron chi connectivity index (χ3n) is 3.45. The minimum absolute atomic E-state index is 0.409. The van der Waals surface area contributed by atoms with E-state index in [-0.39, 0.29) is 0 Å². The van der Waals surface area contributed by atoms with Crippen molar-refractivity contribution in [3.05, 3.63) is 0 Å². The average molecular weight is 226 g/mol. The summed E-state index contributed by atoms with van der Waals surface area (Å²) in [5.41, 5.74) is 0.409. The summed E-state index contributed by atoms with van der Waals surface area (Å²) in [5, 5.41) is 3.58. The number of nitrogens with zero attached hydrogens (tertiary/aromatic N) is 1. The molecule has 1 rings (SSSR count). The summed E-state index contributed by atoms with van der Waals surface area (Å²) in [7, 11) is 0. The summed E-state index contributed by atoms with van der Waals surface area (Å²) in [6, 6.07) is 0.852. The molecule has 0 aliphatic carbocycles. The SMILES string of the molecule is CCC1CCCCN1CCNCC(C)(C)C. The highest BCUT2D eigenvalue weighted by atomic mass is 15.2. The van der Waals surface area contributed by atoms with Gasteiger partial charge in [0, 0.05) is 25.7 Å². The molecule has 1 unspecified atom stereocenters. The van der Waals surface area contributed by atoms with Crippen molar-refractivity contribution in [1.29, 1.82) is 0 Å². The Labute approximate surface area is 102 Å². The first-order chi connectivity index (χ1) is 7.53. The van der Waals surface area contributed by atoms with Gasteiger partial charge in [-0.3, -0.25) is 4.90 Å². The molecule has 1 fully saturated rings. The van der Waals surface area contributed by atoms with Gasteiger partial charge in [-0.25, -0.2) is 0 Å². The van der Waals surface area contributed by atoms with Crippen molar-refractivity contribution in [2.75, 3.05) is 26.2 Å². The fraction of sp³-hybridized carbons (Fsp3) is 1.00. The van der Waals surface area contributed by atoms with Crippen molar-refractivity contribution in [2.24, 2.45) is 5.41 Å². The number of piperidine rings is 1. The van der Waals surface area contributed by atoms with Crippen LogP contribution in [0.5, 0.6) is 0 Å². The fourth-order valence-corrected chi connectivity index (χ4v) is 2.50. The third kappa shape index (κ3) is 5.31. The van der Waals surface area contributed by atoms with E-state index in [2.05, 4.69) is 37.9 Å². The number of hydrogen-bond donors (Lipinski definition) is 1. The van der Waals surface area contributed by atoms with E-state index in [4.69, 9.17) is 0 Å². The van der Waals surface area contributed by atoms with Crippen LogP contribution in [-0.4, -0.2) is 37.1 Å². The molecule has 1 aliphatic heterocycles. The Balaban J connectivity index is 2.15. The Morgan fingerprint density at radius 2 is 2.00 bits per heavy atom. The van der Waals surface area contributed by atoms with Crippen molar-refractivity contribution in [1.82, 2.24) is 10.2 Å². The van der Waals surface area contributed by atoms with Gasteiger partial charge in [0.05, 0.1) is 0 Å². The second-order valence-electron chi connectivity index (χ2n) is 6.33. The second kappa shape index (κ2) is 6.61. The third-order valence-corrected chi connectivity index (χ3v) is 3.45. The van der Waals surface area contributed by atoms with Gasteiger partial charge in [-0.1, -0.05) is 34.1 Å². The van der Waals surface area contributed by atoms with E-state index in [1.165, 1.54) is 38.8 Å². The minimum Gasteiger partial charge on any atom is -0.315 e. The van der Waals surface area contributed by atoms with Crippen molar-refractivity contribution < 1.29 is 0 Å². The maximum absolute atomic E-state index is 3.58. The fourth-order valence-electron chi connectivity index (χ4n) is 2.50. The van der Waals surface area contributed by atoms with Crippen LogP contribution in [0.3, 0.4) is 0 Å². The molecule has 0 aromatic carbocycles. The van der Waals surface area contributed by atoms with Crippen molar-refractivity contribution in [2.45, 2.75) is 59.4 Å². The van der Waals surface area contributed by atoms with Crippen LogP contribution in [0.2, 0.25) is 0 Å². The summed E-state index contributed by atoms with van der Waals surface area (Å²) in [6.07, 6.45) is 5.56. The molecule has 0 amide bonds. The molecule has 0 spiro atoms. The van der Waals surface area contributed by atoms with Crippen LogP contribution < -0.4 is 5.32 Å². The van der Waals surface area contributed by atoms with Crippen molar-refractivity contribution >= 4 is 0 Å². The lowest BCUT2D eigenvalue weighted by atomic mass is 9.97. The van der Waals surface area contributed by atoms with E-state index in [1.54, 1.807) is 0 Å². The second-order valence-corrected chi connectivity index (χ2v) is 6.33. The number of hydrogen-bond acceptors (Lipinski definition) is 2. The summed E-state index contributed by atoms with van der Waals surface area (Å²) >= 11 is 0. The summed E-state index contributed by atoms with van der Waals surface area (Å²) < 4.78 is 0. The Morgan fingerprint density at radius 3 is 2.62 bits per heavy atom. The molecule has 2 nitrogen and oxygen atoms in total. The van der Waals surface area contributed by atoms with Gasteiger partial charge in [0.1, 0.15) is 0 Å². The summed E-state index contributed by atoms with van der Waals surface area (Å²) in [4.78, 5) is 2.68. The topological polar surface area (TPSA) is 15.3 Å². The maximum atomic E-state index is 3.58. The highest BCUT2D eigenvalue weighted by molar-refractivity contribution is 4.76. The largest absolute Gasteiger partial charge is 0.315 e. The first-order valence-corrected chi connectivity index (χ1v) is 6.97. The van der Waals surface area contributed by atoms with Gasteiger partial charge in [-0.15, -0.1) is 0 Å². The van der Waals surface area contributed by atoms with Gasteiger partial charge < -0.3 is 5.32 Å². The predicted octanol–water partition coefficient (Wildman–Crippen LogP) is 2.89. The van der Waals surface area contributed by atoms with E-state index in [0.29, 0.717) is 5.41 Å². The lowest BCUT2D eigenvalue weighted by Gasteiger charge is -2.35. The molecule has 16 heavy (non-hydrogen) atoms. The Kier molecular flexibility index (Phi) is 5.77. The predicted molar refractivity (Wildman–Crippen MR) is 71.8 cm³/mol. The van der Waals surface area contributed by atoms with E-state index >= 15 is 0 Å².